The van der Waals surface area contributed by atoms with Gasteiger partial charge in [-0.05, 0) is 13.3 Å². The lowest BCUT2D eigenvalue weighted by Gasteiger charge is -2.21. The van der Waals surface area contributed by atoms with Gasteiger partial charge in [0.05, 0.1) is 12.0 Å². The van der Waals surface area contributed by atoms with Crippen molar-refractivity contribution in [2.45, 2.75) is 25.8 Å². The number of amides is 2. The lowest BCUT2D eigenvalue weighted by molar-refractivity contribution is -0.140. The summed E-state index contributed by atoms with van der Waals surface area (Å²) in [7, 11) is 1.43. The highest BCUT2D eigenvalue weighted by atomic mass is 16.4. The quantitative estimate of drug-likeness (QED) is 0.602. The van der Waals surface area contributed by atoms with Gasteiger partial charge >= 0.3 is 18.0 Å². The first-order valence-electron chi connectivity index (χ1n) is 5.63. The first-order chi connectivity index (χ1) is 8.77. The number of nitrogens with zero attached hydrogens (tertiary/aromatic N) is 2. The van der Waals surface area contributed by atoms with Crippen molar-refractivity contribution in [3.63, 3.8) is 0 Å². The van der Waals surface area contributed by atoms with E-state index in [1.54, 1.807) is 6.92 Å². The Hall–Kier alpha value is -2.30. The number of hydrogen-bond acceptors (Lipinski definition) is 4. The van der Waals surface area contributed by atoms with E-state index in [1.165, 1.54) is 11.9 Å². The van der Waals surface area contributed by atoms with Crippen LogP contribution in [-0.2, 0) is 9.59 Å². The molecule has 0 aromatic rings. The number of carboxylic acids is 2. The Labute approximate surface area is 110 Å². The van der Waals surface area contributed by atoms with Crippen LogP contribution in [0.3, 0.4) is 0 Å². The molecule has 0 aliphatic heterocycles. The van der Waals surface area contributed by atoms with Gasteiger partial charge in [-0.15, -0.1) is 0 Å². The van der Waals surface area contributed by atoms with Crippen LogP contribution in [0.15, 0.2) is 0 Å². The van der Waals surface area contributed by atoms with Gasteiger partial charge in [-0.25, -0.2) is 9.59 Å². The lowest BCUT2D eigenvalue weighted by atomic mass is 10.1. The third-order valence-electron chi connectivity index (χ3n) is 2.36. The Morgan fingerprint density at radius 2 is 1.95 bits per heavy atom. The van der Waals surface area contributed by atoms with Crippen molar-refractivity contribution in [3.05, 3.63) is 0 Å². The molecule has 3 N–H and O–H groups in total. The van der Waals surface area contributed by atoms with Gasteiger partial charge in [0, 0.05) is 20.0 Å². The van der Waals surface area contributed by atoms with Crippen molar-refractivity contribution in [3.8, 4) is 6.07 Å². The highest BCUT2D eigenvalue weighted by molar-refractivity contribution is 5.83. The third-order valence-corrected chi connectivity index (χ3v) is 2.36. The summed E-state index contributed by atoms with van der Waals surface area (Å²) in [5.74, 6) is -2.80. The Morgan fingerprint density at radius 3 is 2.37 bits per heavy atom. The molecular formula is C11H17N3O5. The summed E-state index contributed by atoms with van der Waals surface area (Å²) < 4.78 is 0. The normalized spacial score (nSPS) is 12.9. The highest BCUT2D eigenvalue weighted by Crippen LogP contribution is 2.01. The average molecular weight is 271 g/mol. The van der Waals surface area contributed by atoms with E-state index in [9.17, 15) is 14.4 Å². The Kier molecular flexibility index (Phi) is 6.96. The van der Waals surface area contributed by atoms with Crippen molar-refractivity contribution in [1.82, 2.24) is 10.2 Å². The van der Waals surface area contributed by atoms with Gasteiger partial charge in [-0.3, -0.25) is 4.79 Å². The summed E-state index contributed by atoms with van der Waals surface area (Å²) in [4.78, 5) is 34.1. The lowest BCUT2D eigenvalue weighted by Crippen LogP contribution is -2.47. The second-order valence-corrected chi connectivity index (χ2v) is 4.18. The zero-order valence-electron chi connectivity index (χ0n) is 10.8. The summed E-state index contributed by atoms with van der Waals surface area (Å²) in [5.41, 5.74) is 0. The Balaban J connectivity index is 4.42. The van der Waals surface area contributed by atoms with E-state index >= 15 is 0 Å². The zero-order valence-corrected chi connectivity index (χ0v) is 10.8. The topological polar surface area (TPSA) is 131 Å². The molecule has 2 unspecified atom stereocenters. The molecule has 0 radical (unpaired) electrons. The fourth-order valence-corrected chi connectivity index (χ4v) is 1.32. The van der Waals surface area contributed by atoms with E-state index in [-0.39, 0.29) is 25.3 Å². The van der Waals surface area contributed by atoms with Gasteiger partial charge in [-0.2, -0.15) is 5.26 Å². The summed E-state index contributed by atoms with van der Waals surface area (Å²) in [6, 6.07) is 0.0376. The number of carbonyl (C=O) groups excluding carboxylic acids is 1. The maximum absolute atomic E-state index is 11.6. The Morgan fingerprint density at radius 1 is 1.37 bits per heavy atom. The van der Waals surface area contributed by atoms with Crippen LogP contribution in [-0.4, -0.2) is 52.7 Å². The second kappa shape index (κ2) is 7.92. The number of nitriles is 1. The van der Waals surface area contributed by atoms with Crippen LogP contribution in [0.2, 0.25) is 0 Å². The summed E-state index contributed by atoms with van der Waals surface area (Å²) >= 11 is 0. The smallest absolute Gasteiger partial charge is 0.326 e. The molecule has 2 amide bonds. The van der Waals surface area contributed by atoms with Crippen molar-refractivity contribution in [1.29, 1.82) is 5.26 Å². The van der Waals surface area contributed by atoms with E-state index in [0.717, 1.165) is 0 Å². The molecule has 8 heteroatoms. The van der Waals surface area contributed by atoms with Crippen LogP contribution in [0.4, 0.5) is 4.79 Å². The predicted octanol–water partition coefficient (Wildman–Crippen LogP) is 0.105. The minimum Gasteiger partial charge on any atom is -0.481 e. The average Bonchev–Trinajstić information content (AvgIpc) is 2.32. The van der Waals surface area contributed by atoms with Gasteiger partial charge in [0.25, 0.3) is 0 Å². The number of hydrogen-bond donors (Lipinski definition) is 3. The standard InChI is InChI=1S/C11H17N3O5/c1-7(5-12)6-14(2)11(19)13-8(10(17)18)3-4-9(15)16/h7-8H,3-4,6H2,1-2H3,(H,13,19)(H,15,16)(H,17,18). The van der Waals surface area contributed by atoms with Gasteiger partial charge in [-0.1, -0.05) is 0 Å². The van der Waals surface area contributed by atoms with Crippen LogP contribution in [0.1, 0.15) is 19.8 Å². The number of rotatable bonds is 7. The monoisotopic (exact) mass is 271 g/mol. The highest BCUT2D eigenvalue weighted by Gasteiger charge is 2.23. The predicted molar refractivity (Wildman–Crippen MR) is 64.2 cm³/mol. The fraction of sp³-hybridized carbons (Fsp3) is 0.636. The maximum Gasteiger partial charge on any atom is 0.326 e. The third kappa shape index (κ3) is 6.88. The molecule has 0 heterocycles. The number of carboxylic acid groups (broad SMARTS) is 2. The maximum atomic E-state index is 11.6. The number of urea groups is 1. The van der Waals surface area contributed by atoms with Crippen molar-refractivity contribution in [2.75, 3.05) is 13.6 Å². The Bertz CT molecular complexity index is 390. The minimum absolute atomic E-state index is 0.160. The van der Waals surface area contributed by atoms with E-state index < -0.39 is 24.0 Å². The largest absolute Gasteiger partial charge is 0.481 e. The molecule has 0 bridgehead atoms. The molecule has 8 nitrogen and oxygen atoms in total. The SMILES string of the molecule is CC(C#N)CN(C)C(=O)NC(CCC(=O)O)C(=O)O. The molecule has 0 aromatic carbocycles. The fourth-order valence-electron chi connectivity index (χ4n) is 1.32. The first kappa shape index (κ1) is 16.7. The molecule has 0 saturated carbocycles. The van der Waals surface area contributed by atoms with Crippen molar-refractivity contribution in [2.24, 2.45) is 5.92 Å². The summed E-state index contributed by atoms with van der Waals surface area (Å²) in [5, 5.41) is 28.2. The van der Waals surface area contributed by atoms with E-state index in [4.69, 9.17) is 15.5 Å². The van der Waals surface area contributed by atoms with Gasteiger partial charge in [0.2, 0.25) is 0 Å². The van der Waals surface area contributed by atoms with Crippen LogP contribution in [0, 0.1) is 17.2 Å². The summed E-state index contributed by atoms with van der Waals surface area (Å²) in [6.45, 7) is 1.79. The molecule has 0 spiro atoms. The van der Waals surface area contributed by atoms with Crippen LogP contribution < -0.4 is 5.32 Å². The van der Waals surface area contributed by atoms with E-state index in [0.29, 0.717) is 0 Å². The van der Waals surface area contributed by atoms with E-state index in [1.807, 2.05) is 6.07 Å². The van der Waals surface area contributed by atoms with Crippen LogP contribution in [0.5, 0.6) is 0 Å². The summed E-state index contributed by atoms with van der Waals surface area (Å²) in [6.07, 6.45) is -0.548. The zero-order chi connectivity index (χ0) is 15.0. The molecule has 0 saturated heterocycles. The number of carbonyl (C=O) groups is 3. The van der Waals surface area contributed by atoms with Crippen molar-refractivity contribution < 1.29 is 24.6 Å². The molecule has 0 rings (SSSR count). The molecular weight excluding hydrogens is 254 g/mol. The minimum atomic E-state index is -1.30. The van der Waals surface area contributed by atoms with Gasteiger partial charge < -0.3 is 20.4 Å². The number of nitrogens with one attached hydrogen (secondary N) is 1. The first-order valence-corrected chi connectivity index (χ1v) is 5.63. The molecule has 0 fully saturated rings. The van der Waals surface area contributed by atoms with Gasteiger partial charge in [0.1, 0.15) is 6.04 Å². The van der Waals surface area contributed by atoms with Crippen LogP contribution in [0.25, 0.3) is 0 Å². The molecule has 0 aromatic heterocycles. The molecule has 2 atom stereocenters. The molecule has 19 heavy (non-hydrogen) atoms. The van der Waals surface area contributed by atoms with Crippen LogP contribution >= 0.6 is 0 Å². The molecule has 0 aliphatic rings. The van der Waals surface area contributed by atoms with E-state index in [2.05, 4.69) is 5.32 Å². The number of aliphatic carboxylic acids is 2. The van der Waals surface area contributed by atoms with Crippen molar-refractivity contribution >= 4 is 18.0 Å². The molecule has 0 aliphatic carbocycles. The second-order valence-electron chi connectivity index (χ2n) is 4.18. The van der Waals surface area contributed by atoms with Gasteiger partial charge in [0.15, 0.2) is 0 Å². The molecule has 106 valence electrons.